The van der Waals surface area contributed by atoms with Crippen LogP contribution in [0.5, 0.6) is 0 Å². The Balaban J connectivity index is 1.33. The summed E-state index contributed by atoms with van der Waals surface area (Å²) < 4.78 is 14.8. The second-order valence-electron chi connectivity index (χ2n) is 8.01. The molecule has 7 nitrogen and oxygen atoms in total. The molecule has 1 aromatic heterocycles. The molecule has 2 amide bonds. The Morgan fingerprint density at radius 3 is 2.41 bits per heavy atom. The van der Waals surface area contributed by atoms with Crippen LogP contribution in [0.2, 0.25) is 0 Å². The molecule has 2 aliphatic rings. The first-order chi connectivity index (χ1) is 14.0. The fourth-order valence-corrected chi connectivity index (χ4v) is 3.82. The number of anilines is 1. The minimum absolute atomic E-state index is 0.0310. The maximum atomic E-state index is 13.0. The third kappa shape index (κ3) is 4.82. The molecule has 1 aromatic carbocycles. The number of hydrogen-bond donors (Lipinski definition) is 3. The summed E-state index contributed by atoms with van der Waals surface area (Å²) in [6, 6.07) is 7.09. The summed E-state index contributed by atoms with van der Waals surface area (Å²) in [5.41, 5.74) is 6.79. The number of benzene rings is 1. The van der Waals surface area contributed by atoms with Crippen LogP contribution in [-0.2, 0) is 11.3 Å². The van der Waals surface area contributed by atoms with Gasteiger partial charge < -0.3 is 16.4 Å². The van der Waals surface area contributed by atoms with Gasteiger partial charge in [0, 0.05) is 24.7 Å². The van der Waals surface area contributed by atoms with Gasteiger partial charge in [0.25, 0.3) is 5.91 Å². The highest BCUT2D eigenvalue weighted by Gasteiger charge is 2.31. The number of carbonyl (C=O) groups excluding carboxylic acids is 2. The van der Waals surface area contributed by atoms with Gasteiger partial charge in [-0.3, -0.25) is 14.3 Å². The smallest absolute Gasteiger partial charge is 0.254 e. The lowest BCUT2D eigenvalue weighted by Crippen LogP contribution is -2.33. The van der Waals surface area contributed by atoms with E-state index in [0.717, 1.165) is 44.1 Å². The van der Waals surface area contributed by atoms with Crippen molar-refractivity contribution in [3.63, 3.8) is 0 Å². The number of rotatable bonds is 7. The SMILES string of the molecule is NC(=O)c1cn(C2CCC(NCc3ccc(F)cc3)CC2)nc1NC(=O)C1CC1. The molecule has 0 atom stereocenters. The Kier molecular flexibility index (Phi) is 5.62. The van der Waals surface area contributed by atoms with Gasteiger partial charge in [0.15, 0.2) is 5.82 Å². The third-order valence-electron chi connectivity index (χ3n) is 5.77. The van der Waals surface area contributed by atoms with Gasteiger partial charge in [0.1, 0.15) is 11.4 Å². The third-order valence-corrected chi connectivity index (χ3v) is 5.77. The lowest BCUT2D eigenvalue weighted by Gasteiger charge is -2.29. The molecule has 2 fully saturated rings. The van der Waals surface area contributed by atoms with Crippen LogP contribution >= 0.6 is 0 Å². The Morgan fingerprint density at radius 2 is 1.79 bits per heavy atom. The second kappa shape index (κ2) is 8.32. The highest BCUT2D eigenvalue weighted by Crippen LogP contribution is 2.32. The molecule has 0 saturated heterocycles. The summed E-state index contributed by atoms with van der Waals surface area (Å²) in [5, 5.41) is 10.7. The number of nitrogens with one attached hydrogen (secondary N) is 2. The molecule has 0 unspecified atom stereocenters. The number of nitrogens with zero attached hydrogens (tertiary/aromatic N) is 2. The number of amides is 2. The number of halogens is 1. The number of aromatic nitrogens is 2. The minimum Gasteiger partial charge on any atom is -0.365 e. The molecule has 0 aliphatic heterocycles. The van der Waals surface area contributed by atoms with Crippen molar-refractivity contribution in [1.29, 1.82) is 0 Å². The molecule has 0 bridgehead atoms. The molecule has 2 saturated carbocycles. The van der Waals surface area contributed by atoms with Gasteiger partial charge in [-0.2, -0.15) is 5.10 Å². The monoisotopic (exact) mass is 399 g/mol. The van der Waals surface area contributed by atoms with Crippen LogP contribution in [0, 0.1) is 11.7 Å². The highest BCUT2D eigenvalue weighted by atomic mass is 19.1. The van der Waals surface area contributed by atoms with E-state index in [-0.39, 0.29) is 35.1 Å². The summed E-state index contributed by atoms with van der Waals surface area (Å²) in [7, 11) is 0. The molecule has 2 aromatic rings. The van der Waals surface area contributed by atoms with Gasteiger partial charge >= 0.3 is 0 Å². The Bertz CT molecular complexity index is 883. The first-order valence-electron chi connectivity index (χ1n) is 10.2. The predicted molar refractivity (Wildman–Crippen MR) is 107 cm³/mol. The molecular weight excluding hydrogens is 373 g/mol. The molecule has 29 heavy (non-hydrogen) atoms. The standard InChI is InChI=1S/C21H26FN5O2/c22-15-5-1-13(2-6-15)11-24-16-7-9-17(10-8-16)27-12-18(19(23)28)20(26-27)25-21(29)14-3-4-14/h1-2,5-6,12,14,16-17,24H,3-4,7-11H2,(H2,23,28)(H,25,26,29). The maximum absolute atomic E-state index is 13.0. The topological polar surface area (TPSA) is 102 Å². The van der Waals surface area contributed by atoms with Crippen LogP contribution in [0.1, 0.15) is 60.5 Å². The van der Waals surface area contributed by atoms with Crippen molar-refractivity contribution in [3.05, 3.63) is 47.4 Å². The summed E-state index contributed by atoms with van der Waals surface area (Å²) in [6.45, 7) is 0.709. The van der Waals surface area contributed by atoms with Crippen molar-refractivity contribution in [2.24, 2.45) is 11.7 Å². The van der Waals surface area contributed by atoms with E-state index < -0.39 is 5.91 Å². The average Bonchev–Trinajstić information content (AvgIpc) is 3.48. The lowest BCUT2D eigenvalue weighted by atomic mass is 9.91. The lowest BCUT2D eigenvalue weighted by molar-refractivity contribution is -0.117. The molecular formula is C21H26FN5O2. The first kappa shape index (κ1) is 19.6. The number of primary amides is 1. The molecule has 1 heterocycles. The van der Waals surface area contributed by atoms with Crippen LogP contribution in [0.3, 0.4) is 0 Å². The molecule has 8 heteroatoms. The second-order valence-corrected chi connectivity index (χ2v) is 8.01. The predicted octanol–water partition coefficient (Wildman–Crippen LogP) is 2.74. The molecule has 4 rings (SSSR count). The molecule has 2 aliphatic carbocycles. The van der Waals surface area contributed by atoms with Crippen molar-refractivity contribution in [2.45, 2.75) is 57.2 Å². The highest BCUT2D eigenvalue weighted by molar-refractivity contribution is 6.02. The molecule has 154 valence electrons. The van der Waals surface area contributed by atoms with Crippen molar-refractivity contribution in [2.75, 3.05) is 5.32 Å². The van der Waals surface area contributed by atoms with E-state index in [4.69, 9.17) is 5.73 Å². The van der Waals surface area contributed by atoms with Gasteiger partial charge in [-0.15, -0.1) is 0 Å². The van der Waals surface area contributed by atoms with Gasteiger partial charge in [-0.1, -0.05) is 12.1 Å². The van der Waals surface area contributed by atoms with Crippen LogP contribution in [0.4, 0.5) is 10.2 Å². The number of hydrogen-bond acceptors (Lipinski definition) is 4. The minimum atomic E-state index is -0.586. The van der Waals surface area contributed by atoms with E-state index in [2.05, 4.69) is 15.7 Å². The Morgan fingerprint density at radius 1 is 1.10 bits per heavy atom. The van der Waals surface area contributed by atoms with Crippen molar-refractivity contribution in [3.8, 4) is 0 Å². The zero-order chi connectivity index (χ0) is 20.4. The quantitative estimate of drug-likeness (QED) is 0.666. The normalized spacial score (nSPS) is 21.7. The van der Waals surface area contributed by atoms with E-state index in [1.807, 2.05) is 0 Å². The van der Waals surface area contributed by atoms with Gasteiger partial charge in [0.2, 0.25) is 5.91 Å². The number of nitrogens with two attached hydrogens (primary N) is 1. The maximum Gasteiger partial charge on any atom is 0.254 e. The van der Waals surface area contributed by atoms with Crippen molar-refractivity contribution < 1.29 is 14.0 Å². The summed E-state index contributed by atoms with van der Waals surface area (Å²) >= 11 is 0. The zero-order valence-corrected chi connectivity index (χ0v) is 16.2. The zero-order valence-electron chi connectivity index (χ0n) is 16.2. The van der Waals surface area contributed by atoms with Crippen LogP contribution in [0.15, 0.2) is 30.5 Å². The van der Waals surface area contributed by atoms with E-state index >= 15 is 0 Å². The van der Waals surface area contributed by atoms with E-state index in [1.165, 1.54) is 12.1 Å². The molecule has 0 spiro atoms. The van der Waals surface area contributed by atoms with Gasteiger partial charge in [0.05, 0.1) is 6.04 Å². The summed E-state index contributed by atoms with van der Waals surface area (Å²) in [6.07, 6.45) is 7.19. The van der Waals surface area contributed by atoms with E-state index in [9.17, 15) is 14.0 Å². The van der Waals surface area contributed by atoms with Gasteiger partial charge in [-0.05, 0) is 56.2 Å². The van der Waals surface area contributed by atoms with Crippen LogP contribution in [0.25, 0.3) is 0 Å². The Hall–Kier alpha value is -2.74. The molecule has 0 radical (unpaired) electrons. The first-order valence-corrected chi connectivity index (χ1v) is 10.2. The van der Waals surface area contributed by atoms with Crippen molar-refractivity contribution in [1.82, 2.24) is 15.1 Å². The fourth-order valence-electron chi connectivity index (χ4n) is 3.82. The summed E-state index contributed by atoms with van der Waals surface area (Å²) in [4.78, 5) is 23.8. The van der Waals surface area contributed by atoms with Crippen LogP contribution < -0.4 is 16.4 Å². The average molecular weight is 399 g/mol. The number of carbonyl (C=O) groups is 2. The fraction of sp³-hybridized carbons (Fsp3) is 0.476. The van der Waals surface area contributed by atoms with Crippen LogP contribution in [-0.4, -0.2) is 27.6 Å². The summed E-state index contributed by atoms with van der Waals surface area (Å²) in [5.74, 6) is -0.602. The van der Waals surface area contributed by atoms with E-state index in [1.54, 1.807) is 23.0 Å². The molecule has 4 N–H and O–H groups in total. The Labute approximate surface area is 168 Å². The largest absolute Gasteiger partial charge is 0.365 e. The van der Waals surface area contributed by atoms with Crippen molar-refractivity contribution >= 4 is 17.6 Å². The van der Waals surface area contributed by atoms with E-state index in [0.29, 0.717) is 12.6 Å². The van der Waals surface area contributed by atoms with Gasteiger partial charge in [-0.25, -0.2) is 4.39 Å².